The van der Waals surface area contributed by atoms with Crippen molar-refractivity contribution in [1.29, 1.82) is 0 Å². The number of nitrogens with zero attached hydrogens (tertiary/aromatic N) is 4. The summed E-state index contributed by atoms with van der Waals surface area (Å²) >= 11 is 2.96. The Kier molecular flexibility index (Phi) is 6.23. The molecule has 3 heterocycles. The summed E-state index contributed by atoms with van der Waals surface area (Å²) in [7, 11) is 0. The minimum atomic E-state index is -0.0927. The van der Waals surface area contributed by atoms with Crippen LogP contribution in [-0.2, 0) is 17.9 Å². The van der Waals surface area contributed by atoms with E-state index in [1.165, 1.54) is 11.8 Å². The lowest BCUT2D eigenvalue weighted by atomic mass is 10.2. The standard InChI is InChI=1S/C24H21N5O2S2/c1-16-27-28-24(29(16)14-17-7-3-2-4-8-17)32-15-22(30)25-13-18-11-12-20(31-18)23-26-19-9-5-6-10-21(19)33-23/h2-12H,13-15H2,1H3,(H,25,30). The number of aromatic nitrogens is 4. The molecule has 1 amide bonds. The Morgan fingerprint density at radius 3 is 2.73 bits per heavy atom. The molecule has 1 N–H and O–H groups in total. The number of hydrogen-bond acceptors (Lipinski definition) is 7. The van der Waals surface area contributed by atoms with Crippen LogP contribution < -0.4 is 5.32 Å². The first kappa shape index (κ1) is 21.4. The van der Waals surface area contributed by atoms with Gasteiger partial charge in [-0.3, -0.25) is 4.79 Å². The second-order valence-electron chi connectivity index (χ2n) is 7.42. The zero-order chi connectivity index (χ0) is 22.6. The third-order valence-corrected chi connectivity index (χ3v) is 7.06. The molecule has 0 radical (unpaired) electrons. The molecule has 7 nitrogen and oxygen atoms in total. The van der Waals surface area contributed by atoms with Crippen molar-refractivity contribution in [2.24, 2.45) is 0 Å². The normalized spacial score (nSPS) is 11.2. The number of carbonyl (C=O) groups excluding carboxylic acids is 1. The van der Waals surface area contributed by atoms with Crippen LogP contribution in [0.25, 0.3) is 21.0 Å². The van der Waals surface area contributed by atoms with Crippen LogP contribution in [0.5, 0.6) is 0 Å². The summed E-state index contributed by atoms with van der Waals surface area (Å²) in [5, 5.41) is 12.9. The molecule has 0 aliphatic heterocycles. The van der Waals surface area contributed by atoms with Crippen LogP contribution in [0.1, 0.15) is 17.1 Å². The molecule has 0 aliphatic carbocycles. The number of amides is 1. The van der Waals surface area contributed by atoms with Gasteiger partial charge in [0.25, 0.3) is 0 Å². The number of nitrogens with one attached hydrogen (secondary N) is 1. The van der Waals surface area contributed by atoms with Gasteiger partial charge in [0.15, 0.2) is 15.9 Å². The van der Waals surface area contributed by atoms with E-state index in [0.717, 1.165) is 31.8 Å². The number of carbonyl (C=O) groups is 1. The first-order valence-corrected chi connectivity index (χ1v) is 12.2. The van der Waals surface area contributed by atoms with Gasteiger partial charge in [-0.05, 0) is 36.8 Å². The van der Waals surface area contributed by atoms with Crippen LogP contribution >= 0.6 is 23.1 Å². The number of para-hydroxylation sites is 1. The quantitative estimate of drug-likeness (QED) is 0.321. The summed E-state index contributed by atoms with van der Waals surface area (Å²) < 4.78 is 9.04. The number of fused-ring (bicyclic) bond motifs is 1. The van der Waals surface area contributed by atoms with Gasteiger partial charge in [-0.25, -0.2) is 4.98 Å². The van der Waals surface area contributed by atoms with Gasteiger partial charge in [0.2, 0.25) is 5.91 Å². The fourth-order valence-electron chi connectivity index (χ4n) is 3.35. The van der Waals surface area contributed by atoms with Crippen LogP contribution in [-0.4, -0.2) is 31.4 Å². The molecule has 9 heteroatoms. The lowest BCUT2D eigenvalue weighted by molar-refractivity contribution is -0.118. The molecule has 0 atom stereocenters. The molecule has 2 aromatic carbocycles. The van der Waals surface area contributed by atoms with Gasteiger partial charge in [-0.15, -0.1) is 21.5 Å². The van der Waals surface area contributed by atoms with Crippen molar-refractivity contribution in [3.63, 3.8) is 0 Å². The van der Waals surface area contributed by atoms with E-state index in [1.807, 2.05) is 66.1 Å². The number of thiazole rings is 1. The number of furan rings is 1. The predicted molar refractivity (Wildman–Crippen MR) is 130 cm³/mol. The Bertz CT molecular complexity index is 1360. The highest BCUT2D eigenvalue weighted by Gasteiger charge is 2.14. The van der Waals surface area contributed by atoms with Crippen LogP contribution in [0.2, 0.25) is 0 Å². The number of rotatable bonds is 8. The largest absolute Gasteiger partial charge is 0.457 e. The van der Waals surface area contributed by atoms with Gasteiger partial charge >= 0.3 is 0 Å². The maximum Gasteiger partial charge on any atom is 0.230 e. The minimum absolute atomic E-state index is 0.0927. The third kappa shape index (κ3) is 4.99. The molecule has 166 valence electrons. The van der Waals surface area contributed by atoms with Crippen LogP contribution in [0, 0.1) is 6.92 Å². The van der Waals surface area contributed by atoms with E-state index < -0.39 is 0 Å². The van der Waals surface area contributed by atoms with E-state index >= 15 is 0 Å². The topological polar surface area (TPSA) is 85.8 Å². The zero-order valence-corrected chi connectivity index (χ0v) is 19.5. The van der Waals surface area contributed by atoms with Crippen LogP contribution in [0.4, 0.5) is 0 Å². The van der Waals surface area contributed by atoms with E-state index in [9.17, 15) is 4.79 Å². The average Bonchev–Trinajstić information content (AvgIpc) is 3.56. The molecule has 0 spiro atoms. The Morgan fingerprint density at radius 2 is 1.88 bits per heavy atom. The summed E-state index contributed by atoms with van der Waals surface area (Å²) in [4.78, 5) is 17.0. The fourth-order valence-corrected chi connectivity index (χ4v) is 5.09. The molecule has 3 aromatic heterocycles. The van der Waals surface area contributed by atoms with E-state index in [4.69, 9.17) is 4.42 Å². The van der Waals surface area contributed by atoms with Crippen molar-refractivity contribution in [1.82, 2.24) is 25.1 Å². The van der Waals surface area contributed by atoms with E-state index in [0.29, 0.717) is 24.6 Å². The Morgan fingerprint density at radius 1 is 1.06 bits per heavy atom. The summed E-state index contributed by atoms with van der Waals surface area (Å²) in [6.45, 7) is 2.91. The SMILES string of the molecule is Cc1nnc(SCC(=O)NCc2ccc(-c3nc4ccccc4s3)o2)n1Cc1ccccc1. The molecule has 0 saturated carbocycles. The van der Waals surface area contributed by atoms with Crippen molar-refractivity contribution >= 4 is 39.2 Å². The molecular formula is C24H21N5O2S2. The molecule has 0 aliphatic rings. The zero-order valence-electron chi connectivity index (χ0n) is 17.9. The highest BCUT2D eigenvalue weighted by atomic mass is 32.2. The monoisotopic (exact) mass is 475 g/mol. The van der Waals surface area contributed by atoms with Gasteiger partial charge in [-0.1, -0.05) is 54.2 Å². The Labute approximate surface area is 198 Å². The van der Waals surface area contributed by atoms with E-state index in [-0.39, 0.29) is 11.7 Å². The highest BCUT2D eigenvalue weighted by Crippen LogP contribution is 2.31. The summed E-state index contributed by atoms with van der Waals surface area (Å²) in [6.07, 6.45) is 0. The first-order chi connectivity index (χ1) is 16.2. The summed E-state index contributed by atoms with van der Waals surface area (Å²) in [5.74, 6) is 2.37. The molecule has 0 saturated heterocycles. The Hall–Kier alpha value is -3.43. The van der Waals surface area contributed by atoms with Crippen molar-refractivity contribution in [2.75, 3.05) is 5.75 Å². The van der Waals surface area contributed by atoms with E-state index in [2.05, 4.69) is 32.6 Å². The van der Waals surface area contributed by atoms with Gasteiger partial charge in [0.05, 0.1) is 29.1 Å². The van der Waals surface area contributed by atoms with E-state index in [1.54, 1.807) is 11.3 Å². The molecule has 0 bridgehead atoms. The highest BCUT2D eigenvalue weighted by molar-refractivity contribution is 7.99. The summed E-state index contributed by atoms with van der Waals surface area (Å²) in [5.41, 5.74) is 2.12. The van der Waals surface area contributed by atoms with Crippen LogP contribution in [0.3, 0.4) is 0 Å². The molecule has 5 rings (SSSR count). The maximum atomic E-state index is 12.4. The van der Waals surface area contributed by atoms with Gasteiger partial charge in [-0.2, -0.15) is 0 Å². The fraction of sp³-hybridized carbons (Fsp3) is 0.167. The average molecular weight is 476 g/mol. The van der Waals surface area contributed by atoms with Gasteiger partial charge < -0.3 is 14.3 Å². The van der Waals surface area contributed by atoms with Gasteiger partial charge in [0.1, 0.15) is 11.6 Å². The van der Waals surface area contributed by atoms with Crippen molar-refractivity contribution in [2.45, 2.75) is 25.2 Å². The van der Waals surface area contributed by atoms with Crippen molar-refractivity contribution in [3.05, 3.63) is 83.9 Å². The smallest absolute Gasteiger partial charge is 0.230 e. The molecular weight excluding hydrogens is 454 g/mol. The lowest BCUT2D eigenvalue weighted by Crippen LogP contribution is -2.24. The number of hydrogen-bond donors (Lipinski definition) is 1. The van der Waals surface area contributed by atoms with Crippen molar-refractivity contribution < 1.29 is 9.21 Å². The molecule has 0 unspecified atom stereocenters. The molecule has 33 heavy (non-hydrogen) atoms. The Balaban J connectivity index is 1.16. The first-order valence-electron chi connectivity index (χ1n) is 10.4. The predicted octanol–water partition coefficient (Wildman–Crippen LogP) is 4.91. The molecule has 5 aromatic rings. The number of thioether (sulfide) groups is 1. The van der Waals surface area contributed by atoms with Crippen LogP contribution in [0.15, 0.2) is 76.3 Å². The molecule has 0 fully saturated rings. The van der Waals surface area contributed by atoms with Gasteiger partial charge in [0, 0.05) is 0 Å². The second-order valence-corrected chi connectivity index (χ2v) is 9.39. The summed E-state index contributed by atoms with van der Waals surface area (Å²) in [6, 6.07) is 21.9. The number of aryl methyl sites for hydroxylation is 1. The maximum absolute atomic E-state index is 12.4. The van der Waals surface area contributed by atoms with Crippen molar-refractivity contribution in [3.8, 4) is 10.8 Å². The number of benzene rings is 2. The lowest BCUT2D eigenvalue weighted by Gasteiger charge is -2.08. The third-order valence-electron chi connectivity index (χ3n) is 5.04. The second kappa shape index (κ2) is 9.60. The minimum Gasteiger partial charge on any atom is -0.457 e.